The number of carboxylic acid groups (broad SMARTS) is 1. The lowest BCUT2D eigenvalue weighted by molar-refractivity contribution is -0.144. The summed E-state index contributed by atoms with van der Waals surface area (Å²) >= 11 is 0. The van der Waals surface area contributed by atoms with Crippen LogP contribution in [0.15, 0.2) is 24.3 Å². The zero-order valence-corrected chi connectivity index (χ0v) is 23.3. The second kappa shape index (κ2) is 15.5. The van der Waals surface area contributed by atoms with Gasteiger partial charge in [-0.1, -0.05) is 32.9 Å². The Labute approximate surface area is 226 Å². The molecule has 3 amide bonds. The van der Waals surface area contributed by atoms with Crippen LogP contribution in [0.3, 0.4) is 0 Å². The van der Waals surface area contributed by atoms with Crippen molar-refractivity contribution in [1.29, 1.82) is 0 Å². The maximum atomic E-state index is 12.4. The third-order valence-corrected chi connectivity index (χ3v) is 6.97. The van der Waals surface area contributed by atoms with Gasteiger partial charge in [-0.2, -0.15) is 0 Å². The average Bonchev–Trinajstić information content (AvgIpc) is 2.85. The number of amides is 3. The number of carbonyl (C=O) groups excluding carboxylic acids is 2. The number of carboxylic acids is 1. The third kappa shape index (κ3) is 10.9. The molecule has 0 radical (unpaired) electrons. The first-order valence-corrected chi connectivity index (χ1v) is 13.7. The SMILES string of the molecule is CCc1ccc(OCCCCOC[C@@H](NC(=O)CNC(=O)N[C@@](C)(CC2CC(N)C2)C(=O)O)C(C)C)cc1. The van der Waals surface area contributed by atoms with Gasteiger partial charge in [0.05, 0.1) is 25.8 Å². The predicted molar refractivity (Wildman–Crippen MR) is 146 cm³/mol. The summed E-state index contributed by atoms with van der Waals surface area (Å²) in [6, 6.07) is 7.29. The standard InChI is InChI=1S/C28H46N4O6/c1-5-20-8-10-23(11-9-20)38-13-7-6-12-37-18-24(19(2)3)31-25(33)17-30-27(36)32-28(4,26(34)35)16-21-14-22(29)15-21/h8-11,19,21-22,24H,5-7,12-18,29H2,1-4H3,(H,31,33)(H,34,35)(H2,30,32,36)/t21?,22?,24-,28+/m1/s1. The lowest BCUT2D eigenvalue weighted by Crippen LogP contribution is -2.58. The van der Waals surface area contributed by atoms with Crippen LogP contribution in [0.1, 0.15) is 65.4 Å². The van der Waals surface area contributed by atoms with Gasteiger partial charge in [-0.25, -0.2) is 9.59 Å². The maximum absolute atomic E-state index is 12.4. The molecule has 10 heteroatoms. The maximum Gasteiger partial charge on any atom is 0.329 e. The minimum Gasteiger partial charge on any atom is -0.494 e. The number of ether oxygens (including phenoxy) is 2. The largest absolute Gasteiger partial charge is 0.494 e. The molecule has 2 rings (SSSR count). The number of nitrogens with one attached hydrogen (secondary N) is 3. The molecule has 6 N–H and O–H groups in total. The number of urea groups is 1. The van der Waals surface area contributed by atoms with Crippen LogP contribution in [-0.4, -0.2) is 67.0 Å². The summed E-state index contributed by atoms with van der Waals surface area (Å²) in [5, 5.41) is 17.5. The molecule has 38 heavy (non-hydrogen) atoms. The first kappa shape index (κ1) is 31.4. The van der Waals surface area contributed by atoms with Gasteiger partial charge in [0.15, 0.2) is 0 Å². The van der Waals surface area contributed by atoms with E-state index in [9.17, 15) is 19.5 Å². The van der Waals surface area contributed by atoms with Crippen LogP contribution in [0, 0.1) is 11.8 Å². The third-order valence-electron chi connectivity index (χ3n) is 6.97. The van der Waals surface area contributed by atoms with Crippen molar-refractivity contribution in [3.8, 4) is 5.75 Å². The first-order valence-electron chi connectivity index (χ1n) is 13.7. The lowest BCUT2D eigenvalue weighted by Gasteiger charge is -2.38. The molecule has 10 nitrogen and oxygen atoms in total. The van der Waals surface area contributed by atoms with Crippen molar-refractivity contribution in [2.24, 2.45) is 17.6 Å². The molecule has 0 aromatic heterocycles. The van der Waals surface area contributed by atoms with Gasteiger partial charge in [-0.15, -0.1) is 0 Å². The van der Waals surface area contributed by atoms with Crippen molar-refractivity contribution in [2.75, 3.05) is 26.4 Å². The van der Waals surface area contributed by atoms with Crippen molar-refractivity contribution in [1.82, 2.24) is 16.0 Å². The minimum absolute atomic E-state index is 0.0938. The van der Waals surface area contributed by atoms with Gasteiger partial charge >= 0.3 is 12.0 Å². The highest BCUT2D eigenvalue weighted by Gasteiger charge is 2.40. The zero-order chi connectivity index (χ0) is 28.1. The zero-order valence-electron chi connectivity index (χ0n) is 23.3. The van der Waals surface area contributed by atoms with Crippen LogP contribution in [0.5, 0.6) is 5.75 Å². The fraction of sp³-hybridized carbons (Fsp3) is 0.679. The Hall–Kier alpha value is -2.85. The highest BCUT2D eigenvalue weighted by molar-refractivity contribution is 5.88. The number of hydrogen-bond donors (Lipinski definition) is 5. The van der Waals surface area contributed by atoms with E-state index in [-0.39, 0.29) is 36.4 Å². The smallest absolute Gasteiger partial charge is 0.329 e. The Bertz CT molecular complexity index is 888. The highest BCUT2D eigenvalue weighted by Crippen LogP contribution is 2.33. The quantitative estimate of drug-likeness (QED) is 0.193. The average molecular weight is 535 g/mol. The van der Waals surface area contributed by atoms with Crippen LogP contribution in [0.25, 0.3) is 0 Å². The number of rotatable bonds is 17. The highest BCUT2D eigenvalue weighted by atomic mass is 16.5. The molecule has 1 fully saturated rings. The van der Waals surface area contributed by atoms with Gasteiger partial charge in [-0.3, -0.25) is 4.79 Å². The van der Waals surface area contributed by atoms with Crippen LogP contribution in [-0.2, 0) is 20.7 Å². The van der Waals surface area contributed by atoms with Crippen molar-refractivity contribution in [2.45, 2.75) is 83.8 Å². The van der Waals surface area contributed by atoms with E-state index in [1.165, 1.54) is 12.5 Å². The fourth-order valence-electron chi connectivity index (χ4n) is 4.36. The van der Waals surface area contributed by atoms with Gasteiger partial charge < -0.3 is 36.3 Å². The molecule has 0 aliphatic heterocycles. The molecule has 214 valence electrons. The molecule has 1 aromatic rings. The summed E-state index contributed by atoms with van der Waals surface area (Å²) in [7, 11) is 0. The number of carbonyl (C=O) groups is 3. The van der Waals surface area contributed by atoms with Crippen molar-refractivity contribution in [3.05, 3.63) is 29.8 Å². The van der Waals surface area contributed by atoms with Crippen molar-refractivity contribution < 1.29 is 29.0 Å². The number of nitrogens with two attached hydrogens (primary N) is 1. The Kier molecular flexibility index (Phi) is 12.8. The summed E-state index contributed by atoms with van der Waals surface area (Å²) in [6.45, 7) is 8.81. The van der Waals surface area contributed by atoms with Gasteiger partial charge in [0.25, 0.3) is 0 Å². The minimum atomic E-state index is -1.43. The lowest BCUT2D eigenvalue weighted by atomic mass is 9.73. The molecular formula is C28H46N4O6. The van der Waals surface area contributed by atoms with Crippen LogP contribution in [0.4, 0.5) is 4.79 Å². The summed E-state index contributed by atoms with van der Waals surface area (Å²) in [4.78, 5) is 36.5. The van der Waals surface area contributed by atoms with E-state index < -0.39 is 17.5 Å². The molecule has 0 bridgehead atoms. The second-order valence-corrected chi connectivity index (χ2v) is 10.8. The summed E-state index contributed by atoms with van der Waals surface area (Å²) in [5.74, 6) is -0.333. The molecule has 0 unspecified atom stereocenters. The van der Waals surface area contributed by atoms with E-state index in [0.29, 0.717) is 26.2 Å². The number of hydrogen-bond acceptors (Lipinski definition) is 6. The molecule has 0 saturated heterocycles. The van der Waals surface area contributed by atoms with Crippen molar-refractivity contribution >= 4 is 17.9 Å². The second-order valence-electron chi connectivity index (χ2n) is 10.8. The predicted octanol–water partition coefficient (Wildman–Crippen LogP) is 2.84. The van der Waals surface area contributed by atoms with E-state index in [0.717, 1.165) is 37.9 Å². The summed E-state index contributed by atoms with van der Waals surface area (Å²) in [6.07, 6.45) is 4.48. The molecule has 2 atom stereocenters. The molecule has 0 spiro atoms. The van der Waals surface area contributed by atoms with Crippen LogP contribution >= 0.6 is 0 Å². The van der Waals surface area contributed by atoms with E-state index >= 15 is 0 Å². The van der Waals surface area contributed by atoms with Crippen molar-refractivity contribution in [3.63, 3.8) is 0 Å². The molecule has 1 aromatic carbocycles. The fourth-order valence-corrected chi connectivity index (χ4v) is 4.36. The van der Waals surface area contributed by atoms with E-state index in [1.807, 2.05) is 26.0 Å². The van der Waals surface area contributed by atoms with E-state index in [1.54, 1.807) is 0 Å². The van der Waals surface area contributed by atoms with Crippen LogP contribution in [0.2, 0.25) is 0 Å². The molecule has 1 aliphatic rings. The normalized spacial score (nSPS) is 19.1. The topological polar surface area (TPSA) is 152 Å². The monoisotopic (exact) mass is 534 g/mol. The van der Waals surface area contributed by atoms with Gasteiger partial charge in [0, 0.05) is 12.6 Å². The molecule has 1 aliphatic carbocycles. The first-order chi connectivity index (χ1) is 18.0. The number of aryl methyl sites for hydroxylation is 1. The number of unbranched alkanes of at least 4 members (excludes halogenated alkanes) is 1. The molecule has 0 heterocycles. The van der Waals surface area contributed by atoms with E-state index in [4.69, 9.17) is 15.2 Å². The number of benzene rings is 1. The van der Waals surface area contributed by atoms with Gasteiger partial charge in [0.2, 0.25) is 5.91 Å². The summed E-state index contributed by atoms with van der Waals surface area (Å²) in [5.41, 5.74) is 5.64. The Morgan fingerprint density at radius 1 is 1.13 bits per heavy atom. The molecular weight excluding hydrogens is 488 g/mol. The van der Waals surface area contributed by atoms with E-state index in [2.05, 4.69) is 35.0 Å². The van der Waals surface area contributed by atoms with Gasteiger partial charge in [-0.05, 0) is 75.0 Å². The Morgan fingerprint density at radius 2 is 1.79 bits per heavy atom. The molecule has 1 saturated carbocycles. The Morgan fingerprint density at radius 3 is 2.37 bits per heavy atom. The summed E-state index contributed by atoms with van der Waals surface area (Å²) < 4.78 is 11.5. The Balaban J connectivity index is 1.63. The number of aliphatic carboxylic acids is 1. The van der Waals surface area contributed by atoms with Crippen LogP contribution < -0.4 is 26.4 Å². The van der Waals surface area contributed by atoms with Gasteiger partial charge in [0.1, 0.15) is 11.3 Å².